The van der Waals surface area contributed by atoms with Gasteiger partial charge >= 0.3 is 0 Å². The van der Waals surface area contributed by atoms with Gasteiger partial charge in [-0.25, -0.2) is 0 Å². The molecule has 0 aromatic carbocycles. The molecule has 1 amide bonds. The summed E-state index contributed by atoms with van der Waals surface area (Å²) in [5.41, 5.74) is 0. The second-order valence-electron chi connectivity index (χ2n) is 3.55. The molecule has 0 saturated heterocycles. The van der Waals surface area contributed by atoms with Crippen molar-refractivity contribution in [3.8, 4) is 0 Å². The van der Waals surface area contributed by atoms with Gasteiger partial charge in [0.25, 0.3) is 0 Å². The summed E-state index contributed by atoms with van der Waals surface area (Å²) < 4.78 is 0. The topological polar surface area (TPSA) is 29.1 Å². The van der Waals surface area contributed by atoms with Crippen molar-refractivity contribution in [2.75, 3.05) is 6.54 Å². The number of amides is 1. The fraction of sp³-hybridized carbons (Fsp3) is 0.615. The molecule has 0 rings (SSSR count). The highest BCUT2D eigenvalue weighted by Gasteiger charge is 1.97. The van der Waals surface area contributed by atoms with Gasteiger partial charge in [0.2, 0.25) is 5.91 Å². The van der Waals surface area contributed by atoms with Crippen molar-refractivity contribution in [2.45, 2.75) is 46.0 Å². The highest BCUT2D eigenvalue weighted by Crippen LogP contribution is 2.00. The van der Waals surface area contributed by atoms with Crippen LogP contribution in [-0.4, -0.2) is 12.5 Å². The average Bonchev–Trinajstić information content (AvgIpc) is 2.25. The standard InChI is InChI=1S/C13H23NO/c1-3-5-6-7-8-9-10-11-13(15)14-12-4-2/h3,5-7H,4,8-12H2,1-2H3,(H,14,15)/b5-3-,7-6-. The molecule has 2 heteroatoms. The van der Waals surface area contributed by atoms with E-state index in [1.807, 2.05) is 19.1 Å². The smallest absolute Gasteiger partial charge is 0.219 e. The van der Waals surface area contributed by atoms with Crippen molar-refractivity contribution in [3.05, 3.63) is 24.3 Å². The Balaban J connectivity index is 3.26. The molecule has 0 aromatic heterocycles. The second-order valence-corrected chi connectivity index (χ2v) is 3.55. The third kappa shape index (κ3) is 10.9. The summed E-state index contributed by atoms with van der Waals surface area (Å²) >= 11 is 0. The van der Waals surface area contributed by atoms with Crippen molar-refractivity contribution < 1.29 is 4.79 Å². The number of allylic oxidation sites excluding steroid dienone is 4. The summed E-state index contributed by atoms with van der Waals surface area (Å²) in [6.45, 7) is 4.87. The molecule has 0 bridgehead atoms. The predicted molar refractivity (Wildman–Crippen MR) is 65.7 cm³/mol. The molecular formula is C13H23NO. The zero-order valence-corrected chi connectivity index (χ0v) is 9.96. The number of nitrogens with one attached hydrogen (secondary N) is 1. The predicted octanol–water partition coefficient (Wildman–Crippen LogP) is 3.21. The number of hydrogen-bond donors (Lipinski definition) is 1. The Labute approximate surface area is 93.5 Å². The SMILES string of the molecule is C/C=C\C=C/CCCCC(=O)NCCC. The van der Waals surface area contributed by atoms with Gasteiger partial charge in [0.05, 0.1) is 0 Å². The number of carbonyl (C=O) groups excluding carboxylic acids is 1. The van der Waals surface area contributed by atoms with Gasteiger partial charge in [-0.15, -0.1) is 0 Å². The van der Waals surface area contributed by atoms with Crippen LogP contribution in [0.4, 0.5) is 0 Å². The number of carbonyl (C=O) groups is 1. The van der Waals surface area contributed by atoms with Crippen LogP contribution in [0, 0.1) is 0 Å². The molecule has 0 fully saturated rings. The first-order valence-electron chi connectivity index (χ1n) is 5.85. The van der Waals surface area contributed by atoms with E-state index in [1.165, 1.54) is 0 Å². The molecule has 0 aliphatic rings. The van der Waals surface area contributed by atoms with Crippen LogP contribution < -0.4 is 5.32 Å². The molecule has 0 unspecified atom stereocenters. The molecule has 0 radical (unpaired) electrons. The van der Waals surface area contributed by atoms with Gasteiger partial charge in [-0.1, -0.05) is 31.2 Å². The minimum Gasteiger partial charge on any atom is -0.356 e. The van der Waals surface area contributed by atoms with Crippen molar-refractivity contribution in [2.24, 2.45) is 0 Å². The number of rotatable bonds is 8. The van der Waals surface area contributed by atoms with Gasteiger partial charge in [-0.05, 0) is 32.6 Å². The fourth-order valence-electron chi connectivity index (χ4n) is 1.19. The first-order chi connectivity index (χ1) is 7.31. The third-order valence-electron chi connectivity index (χ3n) is 2.04. The average molecular weight is 209 g/mol. The van der Waals surface area contributed by atoms with Crippen LogP contribution >= 0.6 is 0 Å². The fourth-order valence-corrected chi connectivity index (χ4v) is 1.19. The first kappa shape index (κ1) is 13.9. The van der Waals surface area contributed by atoms with E-state index < -0.39 is 0 Å². The van der Waals surface area contributed by atoms with Crippen molar-refractivity contribution in [1.82, 2.24) is 5.32 Å². The summed E-state index contributed by atoms with van der Waals surface area (Å²) in [7, 11) is 0. The van der Waals surface area contributed by atoms with E-state index in [4.69, 9.17) is 0 Å². The van der Waals surface area contributed by atoms with E-state index in [1.54, 1.807) is 0 Å². The molecule has 0 aliphatic heterocycles. The lowest BCUT2D eigenvalue weighted by molar-refractivity contribution is -0.121. The van der Waals surface area contributed by atoms with Gasteiger partial charge < -0.3 is 5.32 Å². The lowest BCUT2D eigenvalue weighted by Gasteiger charge is -2.01. The molecule has 15 heavy (non-hydrogen) atoms. The van der Waals surface area contributed by atoms with Crippen LogP contribution in [0.3, 0.4) is 0 Å². The monoisotopic (exact) mass is 209 g/mol. The maximum Gasteiger partial charge on any atom is 0.219 e. The third-order valence-corrected chi connectivity index (χ3v) is 2.04. The van der Waals surface area contributed by atoms with Gasteiger partial charge in [0.15, 0.2) is 0 Å². The molecule has 1 N–H and O–H groups in total. The normalized spacial score (nSPS) is 11.3. The van der Waals surface area contributed by atoms with E-state index >= 15 is 0 Å². The van der Waals surface area contributed by atoms with Crippen LogP contribution in [-0.2, 0) is 4.79 Å². The van der Waals surface area contributed by atoms with Crippen LogP contribution in [0.15, 0.2) is 24.3 Å². The van der Waals surface area contributed by atoms with Crippen molar-refractivity contribution in [3.63, 3.8) is 0 Å². The molecule has 2 nitrogen and oxygen atoms in total. The maximum atomic E-state index is 11.2. The van der Waals surface area contributed by atoms with Crippen LogP contribution in [0.1, 0.15) is 46.0 Å². The summed E-state index contributed by atoms with van der Waals surface area (Å²) in [6, 6.07) is 0. The highest BCUT2D eigenvalue weighted by molar-refractivity contribution is 5.75. The highest BCUT2D eigenvalue weighted by atomic mass is 16.1. The molecule has 0 heterocycles. The van der Waals surface area contributed by atoms with Crippen LogP contribution in [0.25, 0.3) is 0 Å². The number of hydrogen-bond acceptors (Lipinski definition) is 1. The van der Waals surface area contributed by atoms with Gasteiger partial charge in [0.1, 0.15) is 0 Å². The molecule has 0 spiro atoms. The zero-order valence-electron chi connectivity index (χ0n) is 9.96. The van der Waals surface area contributed by atoms with E-state index in [0.717, 1.165) is 32.2 Å². The molecule has 0 atom stereocenters. The van der Waals surface area contributed by atoms with E-state index in [0.29, 0.717) is 6.42 Å². The van der Waals surface area contributed by atoms with Crippen molar-refractivity contribution in [1.29, 1.82) is 0 Å². The van der Waals surface area contributed by atoms with Gasteiger partial charge in [-0.2, -0.15) is 0 Å². The quantitative estimate of drug-likeness (QED) is 0.482. The Hall–Kier alpha value is -1.05. The summed E-state index contributed by atoms with van der Waals surface area (Å²) in [6.07, 6.45) is 13.0. The van der Waals surface area contributed by atoms with E-state index in [2.05, 4.69) is 24.4 Å². The minimum absolute atomic E-state index is 0.189. The van der Waals surface area contributed by atoms with E-state index in [-0.39, 0.29) is 5.91 Å². The Bertz CT molecular complexity index is 207. The molecule has 0 aliphatic carbocycles. The largest absolute Gasteiger partial charge is 0.356 e. The first-order valence-corrected chi connectivity index (χ1v) is 5.85. The van der Waals surface area contributed by atoms with Crippen LogP contribution in [0.2, 0.25) is 0 Å². The number of unbranched alkanes of at least 4 members (excludes halogenated alkanes) is 2. The Morgan fingerprint density at radius 3 is 2.73 bits per heavy atom. The van der Waals surface area contributed by atoms with E-state index in [9.17, 15) is 4.79 Å². The maximum absolute atomic E-state index is 11.2. The summed E-state index contributed by atoms with van der Waals surface area (Å²) in [5.74, 6) is 0.189. The second kappa shape index (κ2) is 11.0. The summed E-state index contributed by atoms with van der Waals surface area (Å²) in [5, 5.41) is 2.88. The van der Waals surface area contributed by atoms with Gasteiger partial charge in [-0.3, -0.25) is 4.79 Å². The van der Waals surface area contributed by atoms with Crippen LogP contribution in [0.5, 0.6) is 0 Å². The zero-order chi connectivity index (χ0) is 11.4. The Kier molecular flexibility index (Phi) is 10.3. The molecule has 86 valence electrons. The Morgan fingerprint density at radius 2 is 2.07 bits per heavy atom. The minimum atomic E-state index is 0.189. The van der Waals surface area contributed by atoms with Crippen molar-refractivity contribution >= 4 is 5.91 Å². The molecule has 0 saturated carbocycles. The Morgan fingerprint density at radius 1 is 1.27 bits per heavy atom. The molecule has 0 aromatic rings. The molecular weight excluding hydrogens is 186 g/mol. The lowest BCUT2D eigenvalue weighted by Crippen LogP contribution is -2.23. The van der Waals surface area contributed by atoms with Gasteiger partial charge in [0, 0.05) is 13.0 Å². The summed E-state index contributed by atoms with van der Waals surface area (Å²) in [4.78, 5) is 11.2. The lowest BCUT2D eigenvalue weighted by atomic mass is 10.2.